The third-order valence-corrected chi connectivity index (χ3v) is 3.96. The molecule has 0 spiro atoms. The van der Waals surface area contributed by atoms with Gasteiger partial charge in [0.05, 0.1) is 11.5 Å². The SMILES string of the molecule is C/C(=N/NC(=O)CSCc1ccccc1)c1ccc(F)cc1. The zero-order valence-corrected chi connectivity index (χ0v) is 13.1. The number of thioether (sulfide) groups is 1. The molecule has 0 atom stereocenters. The quantitative estimate of drug-likeness (QED) is 0.653. The van der Waals surface area contributed by atoms with E-state index in [0.717, 1.165) is 11.3 Å². The molecule has 0 radical (unpaired) electrons. The van der Waals surface area contributed by atoms with Crippen LogP contribution in [0.25, 0.3) is 0 Å². The van der Waals surface area contributed by atoms with Crippen molar-refractivity contribution in [3.63, 3.8) is 0 Å². The molecule has 5 heteroatoms. The number of carbonyl (C=O) groups excluding carboxylic acids is 1. The Hall–Kier alpha value is -2.14. The van der Waals surface area contributed by atoms with Gasteiger partial charge in [0.1, 0.15) is 5.82 Å². The first-order valence-corrected chi connectivity index (χ1v) is 8.01. The van der Waals surface area contributed by atoms with Gasteiger partial charge in [-0.1, -0.05) is 42.5 Å². The molecule has 0 heterocycles. The highest BCUT2D eigenvalue weighted by Gasteiger charge is 2.02. The van der Waals surface area contributed by atoms with Crippen LogP contribution in [0.1, 0.15) is 18.1 Å². The van der Waals surface area contributed by atoms with E-state index in [0.29, 0.717) is 11.5 Å². The zero-order chi connectivity index (χ0) is 15.8. The third kappa shape index (κ3) is 5.33. The van der Waals surface area contributed by atoms with Gasteiger partial charge in [-0.15, -0.1) is 11.8 Å². The van der Waals surface area contributed by atoms with Crippen LogP contribution < -0.4 is 5.43 Å². The van der Waals surface area contributed by atoms with Crippen LogP contribution in [0.2, 0.25) is 0 Å². The van der Waals surface area contributed by atoms with E-state index in [-0.39, 0.29) is 11.7 Å². The molecule has 0 aliphatic heterocycles. The number of benzene rings is 2. The molecule has 0 aliphatic carbocycles. The minimum absolute atomic E-state index is 0.151. The topological polar surface area (TPSA) is 41.5 Å². The van der Waals surface area contributed by atoms with E-state index in [1.54, 1.807) is 19.1 Å². The Labute approximate surface area is 133 Å². The van der Waals surface area contributed by atoms with Crippen molar-refractivity contribution in [3.8, 4) is 0 Å². The van der Waals surface area contributed by atoms with E-state index in [4.69, 9.17) is 0 Å². The Morgan fingerprint density at radius 3 is 2.50 bits per heavy atom. The van der Waals surface area contributed by atoms with Gasteiger partial charge in [0, 0.05) is 5.75 Å². The van der Waals surface area contributed by atoms with Crippen LogP contribution in [-0.4, -0.2) is 17.4 Å². The van der Waals surface area contributed by atoms with Gasteiger partial charge in [0.25, 0.3) is 0 Å². The van der Waals surface area contributed by atoms with Gasteiger partial charge in [0.2, 0.25) is 5.91 Å². The van der Waals surface area contributed by atoms with Gasteiger partial charge in [0.15, 0.2) is 0 Å². The average Bonchev–Trinajstić information content (AvgIpc) is 2.54. The van der Waals surface area contributed by atoms with Crippen LogP contribution >= 0.6 is 11.8 Å². The van der Waals surface area contributed by atoms with Gasteiger partial charge in [-0.3, -0.25) is 4.79 Å². The first kappa shape index (κ1) is 16.2. The number of rotatable bonds is 6. The van der Waals surface area contributed by atoms with Crippen molar-refractivity contribution >= 4 is 23.4 Å². The van der Waals surface area contributed by atoms with Crippen molar-refractivity contribution in [2.24, 2.45) is 5.10 Å². The monoisotopic (exact) mass is 316 g/mol. The molecule has 0 saturated carbocycles. The summed E-state index contributed by atoms with van der Waals surface area (Å²) >= 11 is 1.53. The molecular formula is C17H17FN2OS. The van der Waals surface area contributed by atoms with Crippen LogP contribution in [0.3, 0.4) is 0 Å². The molecule has 0 bridgehead atoms. The van der Waals surface area contributed by atoms with Crippen molar-refractivity contribution in [1.29, 1.82) is 0 Å². The van der Waals surface area contributed by atoms with Crippen molar-refractivity contribution in [1.82, 2.24) is 5.43 Å². The molecule has 0 aliphatic rings. The van der Waals surface area contributed by atoms with Crippen molar-refractivity contribution < 1.29 is 9.18 Å². The highest BCUT2D eigenvalue weighted by molar-refractivity contribution is 7.99. The molecule has 0 saturated heterocycles. The fourth-order valence-electron chi connectivity index (χ4n) is 1.77. The summed E-state index contributed by atoms with van der Waals surface area (Å²) in [6, 6.07) is 16.0. The lowest BCUT2D eigenvalue weighted by Gasteiger charge is -2.03. The van der Waals surface area contributed by atoms with Crippen molar-refractivity contribution in [2.75, 3.05) is 5.75 Å². The maximum absolute atomic E-state index is 12.8. The third-order valence-electron chi connectivity index (χ3n) is 2.96. The number of hydrazone groups is 1. The molecule has 2 rings (SSSR count). The van der Waals surface area contributed by atoms with E-state index in [1.807, 2.05) is 30.3 Å². The second kappa shape index (κ2) is 8.34. The predicted octanol–water partition coefficient (Wildman–Crippen LogP) is 3.60. The number of amides is 1. The number of hydrogen-bond donors (Lipinski definition) is 1. The van der Waals surface area contributed by atoms with Crippen LogP contribution in [0.15, 0.2) is 59.7 Å². The number of halogens is 1. The normalized spacial score (nSPS) is 11.3. The maximum Gasteiger partial charge on any atom is 0.250 e. The second-order valence-corrected chi connectivity index (χ2v) is 5.70. The van der Waals surface area contributed by atoms with Crippen molar-refractivity contribution in [2.45, 2.75) is 12.7 Å². The van der Waals surface area contributed by atoms with E-state index in [1.165, 1.54) is 29.5 Å². The number of nitrogens with one attached hydrogen (secondary N) is 1. The second-order valence-electron chi connectivity index (χ2n) is 4.72. The largest absolute Gasteiger partial charge is 0.272 e. The Balaban J connectivity index is 1.77. The highest BCUT2D eigenvalue weighted by Crippen LogP contribution is 2.11. The molecule has 3 nitrogen and oxygen atoms in total. The van der Waals surface area contributed by atoms with Gasteiger partial charge in [-0.25, -0.2) is 9.82 Å². The summed E-state index contributed by atoms with van der Waals surface area (Å²) in [7, 11) is 0. The minimum Gasteiger partial charge on any atom is -0.272 e. The molecule has 2 aromatic rings. The van der Waals surface area contributed by atoms with Gasteiger partial charge in [-0.05, 0) is 30.2 Å². The maximum atomic E-state index is 12.8. The number of nitrogens with zero attached hydrogens (tertiary/aromatic N) is 1. The van der Waals surface area contributed by atoms with E-state index in [2.05, 4.69) is 10.5 Å². The van der Waals surface area contributed by atoms with Crippen LogP contribution in [0.4, 0.5) is 4.39 Å². The lowest BCUT2D eigenvalue weighted by molar-refractivity contribution is -0.118. The molecular weight excluding hydrogens is 299 g/mol. The van der Waals surface area contributed by atoms with Gasteiger partial charge < -0.3 is 0 Å². The van der Waals surface area contributed by atoms with E-state index < -0.39 is 0 Å². The number of carbonyl (C=O) groups is 1. The standard InChI is InChI=1S/C17H17FN2OS/c1-13(15-7-9-16(18)10-8-15)19-20-17(21)12-22-11-14-5-3-2-4-6-14/h2-10H,11-12H2,1H3,(H,20,21)/b19-13-. The predicted molar refractivity (Wildman–Crippen MR) is 89.4 cm³/mol. The molecule has 1 N–H and O–H groups in total. The van der Waals surface area contributed by atoms with E-state index in [9.17, 15) is 9.18 Å². The molecule has 1 amide bonds. The lowest BCUT2D eigenvalue weighted by atomic mass is 10.1. The summed E-state index contributed by atoms with van der Waals surface area (Å²) in [4.78, 5) is 11.7. The Bertz CT molecular complexity index is 641. The van der Waals surface area contributed by atoms with E-state index >= 15 is 0 Å². The Morgan fingerprint density at radius 1 is 1.14 bits per heavy atom. The molecule has 114 valence electrons. The van der Waals surface area contributed by atoms with Gasteiger partial charge in [-0.2, -0.15) is 5.10 Å². The average molecular weight is 316 g/mol. The fourth-order valence-corrected chi connectivity index (χ4v) is 2.55. The molecule has 22 heavy (non-hydrogen) atoms. The summed E-state index contributed by atoms with van der Waals surface area (Å²) in [6.07, 6.45) is 0. The Morgan fingerprint density at radius 2 is 1.82 bits per heavy atom. The smallest absolute Gasteiger partial charge is 0.250 e. The molecule has 0 fully saturated rings. The van der Waals surface area contributed by atoms with Crippen LogP contribution in [0, 0.1) is 5.82 Å². The summed E-state index contributed by atoms with van der Waals surface area (Å²) in [6.45, 7) is 1.77. The summed E-state index contributed by atoms with van der Waals surface area (Å²) in [5.74, 6) is 0.685. The zero-order valence-electron chi connectivity index (χ0n) is 12.3. The first-order chi connectivity index (χ1) is 10.6. The lowest BCUT2D eigenvalue weighted by Crippen LogP contribution is -2.21. The molecule has 0 unspecified atom stereocenters. The first-order valence-electron chi connectivity index (χ1n) is 6.86. The molecule has 2 aromatic carbocycles. The van der Waals surface area contributed by atoms with Crippen LogP contribution in [-0.2, 0) is 10.5 Å². The highest BCUT2D eigenvalue weighted by atomic mass is 32.2. The number of hydrogen-bond acceptors (Lipinski definition) is 3. The van der Waals surface area contributed by atoms with Crippen molar-refractivity contribution in [3.05, 3.63) is 71.5 Å². The summed E-state index contributed by atoms with van der Waals surface area (Å²) < 4.78 is 12.8. The summed E-state index contributed by atoms with van der Waals surface area (Å²) in [5, 5.41) is 4.03. The fraction of sp³-hybridized carbons (Fsp3) is 0.176. The summed E-state index contributed by atoms with van der Waals surface area (Å²) in [5.41, 5.74) is 5.12. The molecule has 0 aromatic heterocycles. The van der Waals surface area contributed by atoms with Gasteiger partial charge >= 0.3 is 0 Å². The Kier molecular flexibility index (Phi) is 6.15. The minimum atomic E-state index is -0.294. The van der Waals surface area contributed by atoms with Crippen LogP contribution in [0.5, 0.6) is 0 Å².